The van der Waals surface area contributed by atoms with E-state index in [9.17, 15) is 9.90 Å². The van der Waals surface area contributed by atoms with Gasteiger partial charge in [-0.25, -0.2) is 4.79 Å². The fourth-order valence-corrected chi connectivity index (χ4v) is 2.53. The number of aliphatic hydroxyl groups excluding tert-OH is 1. The summed E-state index contributed by atoms with van der Waals surface area (Å²) in [7, 11) is 1.71. The zero-order valence-electron chi connectivity index (χ0n) is 11.3. The summed E-state index contributed by atoms with van der Waals surface area (Å²) < 4.78 is 0. The van der Waals surface area contributed by atoms with Crippen LogP contribution in [0.4, 0.5) is 4.79 Å². The SMILES string of the molecule is CC(O)CN(C)C(=O)NCC1CCCCC1C. The summed E-state index contributed by atoms with van der Waals surface area (Å²) in [5.74, 6) is 1.33. The summed E-state index contributed by atoms with van der Waals surface area (Å²) in [6, 6.07) is -0.0799. The van der Waals surface area contributed by atoms with Crippen molar-refractivity contribution in [1.82, 2.24) is 10.2 Å². The first-order valence-electron chi connectivity index (χ1n) is 6.67. The summed E-state index contributed by atoms with van der Waals surface area (Å²) in [5, 5.41) is 12.2. The van der Waals surface area contributed by atoms with Crippen LogP contribution in [0.15, 0.2) is 0 Å². The summed E-state index contributed by atoms with van der Waals surface area (Å²) >= 11 is 0. The number of carbonyl (C=O) groups is 1. The molecule has 3 atom stereocenters. The quantitative estimate of drug-likeness (QED) is 0.790. The molecule has 1 aliphatic rings. The molecule has 0 aromatic rings. The Balaban J connectivity index is 2.26. The van der Waals surface area contributed by atoms with Crippen LogP contribution in [0.5, 0.6) is 0 Å². The molecule has 0 spiro atoms. The van der Waals surface area contributed by atoms with Gasteiger partial charge < -0.3 is 15.3 Å². The first kappa shape index (κ1) is 14.3. The lowest BCUT2D eigenvalue weighted by Crippen LogP contribution is -2.43. The molecule has 17 heavy (non-hydrogen) atoms. The van der Waals surface area contributed by atoms with Gasteiger partial charge in [0.25, 0.3) is 0 Å². The minimum Gasteiger partial charge on any atom is -0.392 e. The number of nitrogens with one attached hydrogen (secondary N) is 1. The van der Waals surface area contributed by atoms with E-state index in [-0.39, 0.29) is 6.03 Å². The molecule has 0 aromatic carbocycles. The molecule has 0 bridgehead atoms. The minimum absolute atomic E-state index is 0.0799. The molecule has 4 nitrogen and oxygen atoms in total. The lowest BCUT2D eigenvalue weighted by atomic mass is 9.80. The van der Waals surface area contributed by atoms with E-state index in [1.807, 2.05) is 0 Å². The van der Waals surface area contributed by atoms with Gasteiger partial charge in [-0.1, -0.05) is 26.2 Å². The Morgan fingerprint density at radius 2 is 2.12 bits per heavy atom. The second-order valence-electron chi connectivity index (χ2n) is 5.44. The van der Waals surface area contributed by atoms with Gasteiger partial charge in [0, 0.05) is 20.1 Å². The second kappa shape index (κ2) is 6.84. The van der Waals surface area contributed by atoms with Crippen LogP contribution in [0.1, 0.15) is 39.5 Å². The van der Waals surface area contributed by atoms with Gasteiger partial charge in [-0.15, -0.1) is 0 Å². The highest BCUT2D eigenvalue weighted by Crippen LogP contribution is 2.28. The van der Waals surface area contributed by atoms with E-state index in [0.29, 0.717) is 18.4 Å². The largest absolute Gasteiger partial charge is 0.392 e. The molecule has 4 heteroatoms. The highest BCUT2D eigenvalue weighted by molar-refractivity contribution is 5.73. The van der Waals surface area contributed by atoms with E-state index < -0.39 is 6.10 Å². The third-order valence-electron chi connectivity index (χ3n) is 3.69. The summed E-state index contributed by atoms with van der Waals surface area (Å²) in [5.41, 5.74) is 0. The van der Waals surface area contributed by atoms with E-state index in [1.165, 1.54) is 30.6 Å². The van der Waals surface area contributed by atoms with E-state index >= 15 is 0 Å². The van der Waals surface area contributed by atoms with Crippen molar-refractivity contribution in [2.45, 2.75) is 45.6 Å². The van der Waals surface area contributed by atoms with Crippen molar-refractivity contribution in [3.63, 3.8) is 0 Å². The zero-order chi connectivity index (χ0) is 12.8. The number of amides is 2. The highest BCUT2D eigenvalue weighted by atomic mass is 16.3. The standard InChI is InChI=1S/C13H26N2O2/c1-10-6-4-5-7-12(10)8-14-13(17)15(3)9-11(2)16/h10-12,16H,4-9H2,1-3H3,(H,14,17). The Morgan fingerprint density at radius 1 is 1.47 bits per heavy atom. The van der Waals surface area contributed by atoms with E-state index in [0.717, 1.165) is 6.54 Å². The van der Waals surface area contributed by atoms with E-state index in [4.69, 9.17) is 0 Å². The molecule has 1 rings (SSSR count). The summed E-state index contributed by atoms with van der Waals surface area (Å²) in [4.78, 5) is 13.3. The van der Waals surface area contributed by atoms with Crippen molar-refractivity contribution >= 4 is 6.03 Å². The van der Waals surface area contributed by atoms with Crippen LogP contribution in [0.3, 0.4) is 0 Å². The van der Waals surface area contributed by atoms with Crippen molar-refractivity contribution in [1.29, 1.82) is 0 Å². The topological polar surface area (TPSA) is 52.6 Å². The Hall–Kier alpha value is -0.770. The van der Waals surface area contributed by atoms with Crippen LogP contribution in [-0.2, 0) is 0 Å². The van der Waals surface area contributed by atoms with Crippen LogP contribution >= 0.6 is 0 Å². The first-order valence-corrected chi connectivity index (χ1v) is 6.67. The molecule has 1 aliphatic carbocycles. The monoisotopic (exact) mass is 242 g/mol. The number of nitrogens with zero attached hydrogens (tertiary/aromatic N) is 1. The van der Waals surface area contributed by atoms with Crippen molar-refractivity contribution in [3.05, 3.63) is 0 Å². The molecule has 1 fully saturated rings. The molecule has 1 saturated carbocycles. The number of likely N-dealkylation sites (N-methyl/N-ethyl adjacent to an activating group) is 1. The van der Waals surface area contributed by atoms with Gasteiger partial charge in [0.15, 0.2) is 0 Å². The Labute approximate surface area is 104 Å². The highest BCUT2D eigenvalue weighted by Gasteiger charge is 2.22. The third-order valence-corrected chi connectivity index (χ3v) is 3.69. The number of aliphatic hydroxyl groups is 1. The predicted octanol–water partition coefficient (Wildman–Crippen LogP) is 1.83. The van der Waals surface area contributed by atoms with Gasteiger partial charge in [-0.3, -0.25) is 0 Å². The fraction of sp³-hybridized carbons (Fsp3) is 0.923. The van der Waals surface area contributed by atoms with Gasteiger partial charge in [0.05, 0.1) is 6.10 Å². The zero-order valence-corrected chi connectivity index (χ0v) is 11.3. The maximum atomic E-state index is 11.7. The number of hydrogen-bond donors (Lipinski definition) is 2. The second-order valence-corrected chi connectivity index (χ2v) is 5.44. The lowest BCUT2D eigenvalue weighted by Gasteiger charge is -2.29. The molecule has 0 aromatic heterocycles. The van der Waals surface area contributed by atoms with Crippen LogP contribution in [-0.4, -0.2) is 42.3 Å². The number of urea groups is 1. The Morgan fingerprint density at radius 3 is 2.71 bits per heavy atom. The molecule has 0 heterocycles. The summed E-state index contributed by atoms with van der Waals surface area (Å²) in [6.07, 6.45) is 4.65. The van der Waals surface area contributed by atoms with Crippen molar-refractivity contribution < 1.29 is 9.90 Å². The van der Waals surface area contributed by atoms with Gasteiger partial charge >= 0.3 is 6.03 Å². The maximum absolute atomic E-state index is 11.7. The average Bonchev–Trinajstić information content (AvgIpc) is 2.26. The third kappa shape index (κ3) is 4.94. The summed E-state index contributed by atoms with van der Waals surface area (Å²) in [6.45, 7) is 5.11. The molecule has 2 N–H and O–H groups in total. The normalized spacial score (nSPS) is 26.4. The molecular weight excluding hydrogens is 216 g/mol. The van der Waals surface area contributed by atoms with Gasteiger partial charge in [0.1, 0.15) is 0 Å². The van der Waals surface area contributed by atoms with E-state index in [2.05, 4.69) is 12.2 Å². The van der Waals surface area contributed by atoms with Gasteiger partial charge in [-0.2, -0.15) is 0 Å². The van der Waals surface area contributed by atoms with Crippen LogP contribution in [0.2, 0.25) is 0 Å². The molecule has 0 aliphatic heterocycles. The van der Waals surface area contributed by atoms with Gasteiger partial charge in [0.2, 0.25) is 0 Å². The number of hydrogen-bond acceptors (Lipinski definition) is 2. The molecular formula is C13H26N2O2. The molecule has 0 saturated heterocycles. The smallest absolute Gasteiger partial charge is 0.317 e. The van der Waals surface area contributed by atoms with Crippen LogP contribution in [0.25, 0.3) is 0 Å². The Kier molecular flexibility index (Phi) is 5.75. The van der Waals surface area contributed by atoms with Crippen LogP contribution in [0, 0.1) is 11.8 Å². The lowest BCUT2D eigenvalue weighted by molar-refractivity contribution is 0.141. The van der Waals surface area contributed by atoms with Gasteiger partial charge in [-0.05, 0) is 25.2 Å². The van der Waals surface area contributed by atoms with E-state index in [1.54, 1.807) is 14.0 Å². The fourth-order valence-electron chi connectivity index (χ4n) is 2.53. The minimum atomic E-state index is -0.473. The Bertz CT molecular complexity index is 244. The number of carbonyl (C=O) groups excluding carboxylic acids is 1. The van der Waals surface area contributed by atoms with Crippen LogP contribution < -0.4 is 5.32 Å². The average molecular weight is 242 g/mol. The molecule has 2 amide bonds. The maximum Gasteiger partial charge on any atom is 0.317 e. The van der Waals surface area contributed by atoms with Crippen molar-refractivity contribution in [2.24, 2.45) is 11.8 Å². The molecule has 100 valence electrons. The van der Waals surface area contributed by atoms with Crippen molar-refractivity contribution in [3.8, 4) is 0 Å². The molecule has 0 radical (unpaired) electrons. The first-order chi connectivity index (χ1) is 8.00. The predicted molar refractivity (Wildman–Crippen MR) is 68.8 cm³/mol. The molecule has 3 unspecified atom stereocenters. The van der Waals surface area contributed by atoms with Crippen molar-refractivity contribution in [2.75, 3.05) is 20.1 Å². The number of rotatable bonds is 4.